The number of rotatable bonds is 4. The smallest absolute Gasteiger partial charge is 0.256 e. The number of nitrogens with zero attached hydrogens (tertiary/aromatic N) is 3. The molecule has 5 nitrogen and oxygen atoms in total. The van der Waals surface area contributed by atoms with Gasteiger partial charge in [0.25, 0.3) is 10.0 Å². The summed E-state index contributed by atoms with van der Waals surface area (Å²) in [5, 5.41) is 4.15. The lowest BCUT2D eigenvalue weighted by atomic mass is 10.1. The van der Waals surface area contributed by atoms with Crippen LogP contribution in [-0.2, 0) is 17.1 Å². The number of halogens is 1. The lowest BCUT2D eigenvalue weighted by Gasteiger charge is -2.16. The summed E-state index contributed by atoms with van der Waals surface area (Å²) in [5.74, 6) is 0.972. The van der Waals surface area contributed by atoms with E-state index in [9.17, 15) is 8.42 Å². The molecule has 0 saturated carbocycles. The van der Waals surface area contributed by atoms with E-state index >= 15 is 0 Å². The van der Waals surface area contributed by atoms with E-state index in [1.165, 1.54) is 21.3 Å². The molecule has 2 rings (SSSR count). The zero-order valence-corrected chi connectivity index (χ0v) is 11.3. The summed E-state index contributed by atoms with van der Waals surface area (Å²) in [5.41, 5.74) is 0. The van der Waals surface area contributed by atoms with Crippen molar-refractivity contribution in [1.82, 2.24) is 14.1 Å². The highest BCUT2D eigenvalue weighted by Gasteiger charge is 2.33. The molecule has 0 N–H and O–H groups in total. The molecule has 1 unspecified atom stereocenters. The Morgan fingerprint density at radius 3 is 2.94 bits per heavy atom. The summed E-state index contributed by atoms with van der Waals surface area (Å²) in [7, 11) is -1.75. The number of aryl methyl sites for hydroxylation is 1. The standard InChI is InChI=1S/C10H16ClN3O2S/c1-13-10(3-6-12-13)17(15,16)14-7-4-9(8-14)2-5-11/h3,6,9H,2,4-5,7-8H2,1H3. The molecule has 0 spiro atoms. The molecular weight excluding hydrogens is 262 g/mol. The Morgan fingerprint density at radius 1 is 1.59 bits per heavy atom. The van der Waals surface area contributed by atoms with E-state index in [4.69, 9.17) is 11.6 Å². The van der Waals surface area contributed by atoms with E-state index in [0.717, 1.165) is 12.8 Å². The molecule has 0 amide bonds. The quantitative estimate of drug-likeness (QED) is 0.774. The van der Waals surface area contributed by atoms with E-state index in [1.54, 1.807) is 7.05 Å². The molecule has 0 bridgehead atoms. The van der Waals surface area contributed by atoms with Gasteiger partial charge in [0.15, 0.2) is 5.03 Å². The van der Waals surface area contributed by atoms with E-state index < -0.39 is 10.0 Å². The topological polar surface area (TPSA) is 55.2 Å². The van der Waals surface area contributed by atoms with Crippen LogP contribution in [0, 0.1) is 5.92 Å². The van der Waals surface area contributed by atoms with E-state index in [1.807, 2.05) is 0 Å². The van der Waals surface area contributed by atoms with Gasteiger partial charge in [0, 0.05) is 26.0 Å². The van der Waals surface area contributed by atoms with Gasteiger partial charge in [-0.2, -0.15) is 9.40 Å². The third kappa shape index (κ3) is 2.48. The molecule has 0 aliphatic carbocycles. The lowest BCUT2D eigenvalue weighted by Crippen LogP contribution is -2.30. The highest BCUT2D eigenvalue weighted by Crippen LogP contribution is 2.25. The first kappa shape index (κ1) is 12.9. The summed E-state index contributed by atoms with van der Waals surface area (Å²) in [6.45, 7) is 1.15. The third-order valence-electron chi connectivity index (χ3n) is 3.15. The van der Waals surface area contributed by atoms with Crippen molar-refractivity contribution in [2.24, 2.45) is 13.0 Å². The molecule has 1 fully saturated rings. The maximum absolute atomic E-state index is 12.3. The average molecular weight is 278 g/mol. The third-order valence-corrected chi connectivity index (χ3v) is 5.30. The zero-order valence-electron chi connectivity index (χ0n) is 9.71. The minimum Gasteiger partial charge on any atom is -0.256 e. The first-order chi connectivity index (χ1) is 8.05. The minimum atomic E-state index is -3.39. The van der Waals surface area contributed by atoms with Crippen LogP contribution in [-0.4, -0.2) is 41.5 Å². The molecule has 7 heteroatoms. The Hall–Kier alpha value is -0.590. The summed E-state index contributed by atoms with van der Waals surface area (Å²) in [4.78, 5) is 0. The van der Waals surface area contributed by atoms with Crippen molar-refractivity contribution in [2.45, 2.75) is 17.9 Å². The maximum atomic E-state index is 12.3. The van der Waals surface area contributed by atoms with Crippen molar-refractivity contribution >= 4 is 21.6 Å². The van der Waals surface area contributed by atoms with Gasteiger partial charge in [-0.25, -0.2) is 8.42 Å². The van der Waals surface area contributed by atoms with Gasteiger partial charge in [0.1, 0.15) is 0 Å². The Kier molecular flexibility index (Phi) is 3.75. The SMILES string of the molecule is Cn1nccc1S(=O)(=O)N1CCC(CCCl)C1. The van der Waals surface area contributed by atoms with Crippen LogP contribution in [0.15, 0.2) is 17.3 Å². The normalized spacial score (nSPS) is 22.1. The summed E-state index contributed by atoms with van der Waals surface area (Å²) < 4.78 is 27.5. The van der Waals surface area contributed by atoms with Gasteiger partial charge in [0.05, 0.1) is 6.20 Å². The fourth-order valence-electron chi connectivity index (χ4n) is 2.15. The molecule has 1 atom stereocenters. The van der Waals surface area contributed by atoms with Crippen molar-refractivity contribution < 1.29 is 8.42 Å². The van der Waals surface area contributed by atoms with Crippen LogP contribution < -0.4 is 0 Å². The number of alkyl halides is 1. The van der Waals surface area contributed by atoms with Crippen molar-refractivity contribution in [3.05, 3.63) is 12.3 Å². The fourth-order valence-corrected chi connectivity index (χ4v) is 4.09. The Bertz CT molecular complexity index is 485. The molecule has 2 heterocycles. The largest absolute Gasteiger partial charge is 0.260 e. The van der Waals surface area contributed by atoms with Crippen LogP contribution in [0.1, 0.15) is 12.8 Å². The molecule has 96 valence electrons. The molecular formula is C10H16ClN3O2S. The average Bonchev–Trinajstić information content (AvgIpc) is 2.87. The predicted octanol–water partition coefficient (Wildman–Crippen LogP) is 1.06. The first-order valence-corrected chi connectivity index (χ1v) is 7.57. The predicted molar refractivity (Wildman–Crippen MR) is 65.4 cm³/mol. The summed E-state index contributed by atoms with van der Waals surface area (Å²) in [6.07, 6.45) is 3.27. The van der Waals surface area contributed by atoms with Crippen LogP contribution in [0.4, 0.5) is 0 Å². The van der Waals surface area contributed by atoms with Crippen LogP contribution in [0.3, 0.4) is 0 Å². The van der Waals surface area contributed by atoms with Gasteiger partial charge in [-0.15, -0.1) is 11.6 Å². The van der Waals surface area contributed by atoms with Crippen LogP contribution in [0.25, 0.3) is 0 Å². The molecule has 0 radical (unpaired) electrons. The number of hydrogen-bond donors (Lipinski definition) is 0. The van der Waals surface area contributed by atoms with Crippen LogP contribution in [0.2, 0.25) is 0 Å². The second-order valence-corrected chi connectivity index (χ2v) is 6.55. The van der Waals surface area contributed by atoms with Gasteiger partial charge >= 0.3 is 0 Å². The van der Waals surface area contributed by atoms with E-state index in [0.29, 0.717) is 24.9 Å². The first-order valence-electron chi connectivity index (χ1n) is 5.60. The second kappa shape index (κ2) is 4.96. The molecule has 1 aliphatic heterocycles. The van der Waals surface area contributed by atoms with Gasteiger partial charge < -0.3 is 0 Å². The summed E-state index contributed by atoms with van der Waals surface area (Å²) >= 11 is 5.69. The van der Waals surface area contributed by atoms with Crippen molar-refractivity contribution in [3.8, 4) is 0 Å². The Morgan fingerprint density at radius 2 is 2.35 bits per heavy atom. The van der Waals surface area contributed by atoms with Gasteiger partial charge in [-0.3, -0.25) is 4.68 Å². The zero-order chi connectivity index (χ0) is 12.5. The number of aromatic nitrogens is 2. The van der Waals surface area contributed by atoms with E-state index in [-0.39, 0.29) is 5.03 Å². The highest BCUT2D eigenvalue weighted by molar-refractivity contribution is 7.89. The van der Waals surface area contributed by atoms with E-state index in [2.05, 4.69) is 5.10 Å². The van der Waals surface area contributed by atoms with Gasteiger partial charge in [-0.05, 0) is 24.8 Å². The maximum Gasteiger partial charge on any atom is 0.260 e. The molecule has 17 heavy (non-hydrogen) atoms. The van der Waals surface area contributed by atoms with Gasteiger partial charge in [-0.1, -0.05) is 0 Å². The second-order valence-electron chi connectivity index (χ2n) is 4.29. The molecule has 1 aliphatic rings. The van der Waals surface area contributed by atoms with Crippen LogP contribution in [0.5, 0.6) is 0 Å². The monoisotopic (exact) mass is 277 g/mol. The van der Waals surface area contributed by atoms with Crippen LogP contribution >= 0.6 is 11.6 Å². The Balaban J connectivity index is 2.16. The van der Waals surface area contributed by atoms with Crippen molar-refractivity contribution in [2.75, 3.05) is 19.0 Å². The molecule has 1 aromatic rings. The molecule has 0 aromatic carbocycles. The fraction of sp³-hybridized carbons (Fsp3) is 0.700. The lowest BCUT2D eigenvalue weighted by molar-refractivity contribution is 0.446. The highest BCUT2D eigenvalue weighted by atomic mass is 35.5. The molecule has 1 aromatic heterocycles. The summed E-state index contributed by atoms with van der Waals surface area (Å²) in [6, 6.07) is 1.53. The minimum absolute atomic E-state index is 0.254. The van der Waals surface area contributed by atoms with Crippen molar-refractivity contribution in [1.29, 1.82) is 0 Å². The Labute approximate surface area is 106 Å². The van der Waals surface area contributed by atoms with Gasteiger partial charge in [0.2, 0.25) is 0 Å². The number of sulfonamides is 1. The molecule has 1 saturated heterocycles. The van der Waals surface area contributed by atoms with Crippen molar-refractivity contribution in [3.63, 3.8) is 0 Å². The number of hydrogen-bond acceptors (Lipinski definition) is 3.